The number of hydrogen-bond acceptors (Lipinski definition) is 4. The van der Waals surface area contributed by atoms with Gasteiger partial charge in [-0.15, -0.1) is 11.6 Å². The molecule has 0 aromatic rings. The molecule has 1 unspecified atom stereocenters. The minimum Gasteiger partial charge on any atom is -0.444 e. The van der Waals surface area contributed by atoms with Gasteiger partial charge in [-0.1, -0.05) is 0 Å². The second kappa shape index (κ2) is 7.31. The Morgan fingerprint density at radius 2 is 2.19 bits per heavy atom. The van der Waals surface area contributed by atoms with Crippen LogP contribution in [0.5, 0.6) is 0 Å². The lowest BCUT2D eigenvalue weighted by Crippen LogP contribution is -2.34. The van der Waals surface area contributed by atoms with Gasteiger partial charge in [-0.25, -0.2) is 4.79 Å². The molecule has 6 heteroatoms. The van der Waals surface area contributed by atoms with E-state index in [2.05, 4.69) is 5.32 Å². The normalized spacial score (nSPS) is 12.7. The van der Waals surface area contributed by atoms with Crippen LogP contribution in [0.3, 0.4) is 0 Å². The Bertz CT molecular complexity index is 258. The fourth-order valence-electron chi connectivity index (χ4n) is 0.764. The molecule has 0 saturated carbocycles. The van der Waals surface area contributed by atoms with Gasteiger partial charge in [0.25, 0.3) is 0 Å². The Kier molecular flexibility index (Phi) is 6.86. The van der Waals surface area contributed by atoms with Crippen LogP contribution in [0.25, 0.3) is 0 Å². The van der Waals surface area contributed by atoms with Gasteiger partial charge in [0.2, 0.25) is 0 Å². The van der Waals surface area contributed by atoms with Gasteiger partial charge in [0.1, 0.15) is 11.0 Å². The first kappa shape index (κ1) is 15.0. The van der Waals surface area contributed by atoms with Crippen LogP contribution in [0.4, 0.5) is 4.79 Å². The van der Waals surface area contributed by atoms with Crippen molar-refractivity contribution in [3.05, 3.63) is 0 Å². The molecule has 1 atom stereocenters. The molecular formula is C10H17ClN2O3. The fourth-order valence-corrected chi connectivity index (χ4v) is 0.853. The van der Waals surface area contributed by atoms with Crippen LogP contribution in [0.1, 0.15) is 20.8 Å². The number of halogens is 1. The number of nitrogens with zero attached hydrogens (tertiary/aromatic N) is 1. The first-order valence-electron chi connectivity index (χ1n) is 4.93. The van der Waals surface area contributed by atoms with Crippen molar-refractivity contribution in [2.45, 2.75) is 31.7 Å². The Morgan fingerprint density at radius 3 is 2.69 bits per heavy atom. The van der Waals surface area contributed by atoms with Crippen molar-refractivity contribution in [3.63, 3.8) is 0 Å². The van der Waals surface area contributed by atoms with E-state index >= 15 is 0 Å². The largest absolute Gasteiger partial charge is 0.444 e. The second-order valence-electron chi connectivity index (χ2n) is 4.10. The smallest absolute Gasteiger partial charge is 0.407 e. The topological polar surface area (TPSA) is 71.3 Å². The maximum absolute atomic E-state index is 11.1. The van der Waals surface area contributed by atoms with Crippen molar-refractivity contribution in [2.75, 3.05) is 19.8 Å². The van der Waals surface area contributed by atoms with Crippen LogP contribution >= 0.6 is 11.6 Å². The summed E-state index contributed by atoms with van der Waals surface area (Å²) >= 11 is 5.50. The number of hydrogen-bond donors (Lipinski definition) is 1. The summed E-state index contributed by atoms with van der Waals surface area (Å²) in [5.41, 5.74) is -0.507. The molecule has 0 aliphatic carbocycles. The van der Waals surface area contributed by atoms with Crippen molar-refractivity contribution >= 4 is 17.7 Å². The molecule has 92 valence electrons. The average molecular weight is 249 g/mol. The fraction of sp³-hybridized carbons (Fsp3) is 0.800. The molecule has 1 N–H and O–H groups in total. The summed E-state index contributed by atoms with van der Waals surface area (Å²) in [5, 5.41) is 10.2. The molecular weight excluding hydrogens is 232 g/mol. The molecule has 0 fully saturated rings. The van der Waals surface area contributed by atoms with E-state index in [-0.39, 0.29) is 6.61 Å². The van der Waals surface area contributed by atoms with E-state index in [4.69, 9.17) is 26.3 Å². The molecule has 0 saturated heterocycles. The zero-order valence-corrected chi connectivity index (χ0v) is 10.5. The van der Waals surface area contributed by atoms with Gasteiger partial charge >= 0.3 is 6.09 Å². The molecule has 0 aliphatic rings. The SMILES string of the molecule is CC(C)(C)OC(=O)NCCOCC(Cl)C#N. The summed E-state index contributed by atoms with van der Waals surface area (Å²) in [7, 11) is 0. The highest BCUT2D eigenvalue weighted by atomic mass is 35.5. The zero-order valence-electron chi connectivity index (χ0n) is 9.75. The monoisotopic (exact) mass is 248 g/mol. The Hall–Kier alpha value is -0.990. The number of ether oxygens (including phenoxy) is 2. The van der Waals surface area contributed by atoms with Gasteiger partial charge < -0.3 is 14.8 Å². The molecule has 0 aliphatic heterocycles. The molecule has 0 aromatic heterocycles. The highest BCUT2D eigenvalue weighted by molar-refractivity contribution is 6.22. The number of carbonyl (C=O) groups excluding carboxylic acids is 1. The van der Waals surface area contributed by atoms with Crippen LogP contribution in [-0.4, -0.2) is 36.8 Å². The van der Waals surface area contributed by atoms with E-state index in [1.165, 1.54) is 0 Å². The lowest BCUT2D eigenvalue weighted by Gasteiger charge is -2.19. The van der Waals surface area contributed by atoms with Crippen LogP contribution in [-0.2, 0) is 9.47 Å². The highest BCUT2D eigenvalue weighted by Crippen LogP contribution is 2.06. The van der Waals surface area contributed by atoms with Gasteiger partial charge in [-0.05, 0) is 20.8 Å². The van der Waals surface area contributed by atoms with E-state index < -0.39 is 17.1 Å². The minimum absolute atomic E-state index is 0.147. The average Bonchev–Trinajstić information content (AvgIpc) is 2.14. The van der Waals surface area contributed by atoms with Gasteiger partial charge in [-0.2, -0.15) is 5.26 Å². The molecule has 5 nitrogen and oxygen atoms in total. The summed E-state index contributed by atoms with van der Waals surface area (Å²) in [6, 6.07) is 1.82. The van der Waals surface area contributed by atoms with Gasteiger partial charge in [0, 0.05) is 6.54 Å². The van der Waals surface area contributed by atoms with Crippen molar-refractivity contribution in [2.24, 2.45) is 0 Å². The molecule has 1 amide bonds. The van der Waals surface area contributed by atoms with Crippen LogP contribution in [0.2, 0.25) is 0 Å². The number of rotatable bonds is 5. The van der Waals surface area contributed by atoms with Gasteiger partial charge in [-0.3, -0.25) is 0 Å². The second-order valence-corrected chi connectivity index (χ2v) is 4.63. The first-order valence-corrected chi connectivity index (χ1v) is 5.37. The van der Waals surface area contributed by atoms with E-state index in [1.54, 1.807) is 20.8 Å². The molecule has 0 rings (SSSR count). The molecule has 0 radical (unpaired) electrons. The van der Waals surface area contributed by atoms with E-state index in [1.807, 2.05) is 6.07 Å². The zero-order chi connectivity index (χ0) is 12.6. The Balaban J connectivity index is 3.46. The number of nitrogens with one attached hydrogen (secondary N) is 1. The molecule has 16 heavy (non-hydrogen) atoms. The molecule has 0 bridgehead atoms. The maximum atomic E-state index is 11.1. The number of carbonyl (C=O) groups is 1. The first-order chi connectivity index (χ1) is 7.35. The predicted octanol–water partition coefficient (Wildman–Crippen LogP) is 1.66. The quantitative estimate of drug-likeness (QED) is 0.593. The number of nitriles is 1. The number of alkyl halides is 1. The van der Waals surface area contributed by atoms with Crippen LogP contribution < -0.4 is 5.32 Å². The summed E-state index contributed by atoms with van der Waals surface area (Å²) < 4.78 is 10.0. The van der Waals surface area contributed by atoms with E-state index in [9.17, 15) is 4.79 Å². The van der Waals surface area contributed by atoms with Crippen LogP contribution in [0, 0.1) is 11.3 Å². The highest BCUT2D eigenvalue weighted by Gasteiger charge is 2.15. The lowest BCUT2D eigenvalue weighted by molar-refractivity contribution is 0.0501. The Morgan fingerprint density at radius 1 is 1.56 bits per heavy atom. The lowest BCUT2D eigenvalue weighted by atomic mass is 10.2. The third-order valence-corrected chi connectivity index (χ3v) is 1.54. The van der Waals surface area contributed by atoms with E-state index in [0.29, 0.717) is 13.2 Å². The third kappa shape index (κ3) is 9.56. The molecule has 0 aromatic carbocycles. The van der Waals surface area contributed by atoms with Crippen molar-refractivity contribution < 1.29 is 14.3 Å². The summed E-state index contributed by atoms with van der Waals surface area (Å²) in [5.74, 6) is 0. The summed E-state index contributed by atoms with van der Waals surface area (Å²) in [6.07, 6.45) is -0.487. The standard InChI is InChI=1S/C10H17ClN2O3/c1-10(2,3)16-9(14)13-4-5-15-7-8(11)6-12/h8H,4-5,7H2,1-3H3,(H,13,14). The van der Waals surface area contributed by atoms with Crippen molar-refractivity contribution in [1.29, 1.82) is 5.26 Å². The summed E-state index contributed by atoms with van der Waals surface area (Å²) in [4.78, 5) is 11.1. The summed E-state index contributed by atoms with van der Waals surface area (Å²) in [6.45, 7) is 6.12. The number of amides is 1. The van der Waals surface area contributed by atoms with Crippen molar-refractivity contribution in [1.82, 2.24) is 5.32 Å². The predicted molar refractivity (Wildman–Crippen MR) is 60.3 cm³/mol. The molecule has 0 heterocycles. The third-order valence-electron chi connectivity index (χ3n) is 1.32. The van der Waals surface area contributed by atoms with Crippen LogP contribution in [0.15, 0.2) is 0 Å². The Labute approximate surface area is 101 Å². The van der Waals surface area contributed by atoms with Gasteiger partial charge in [0.15, 0.2) is 0 Å². The maximum Gasteiger partial charge on any atom is 0.407 e. The van der Waals surface area contributed by atoms with Gasteiger partial charge in [0.05, 0.1) is 19.3 Å². The van der Waals surface area contributed by atoms with Crippen molar-refractivity contribution in [3.8, 4) is 6.07 Å². The minimum atomic E-state index is -0.651. The number of alkyl carbamates (subject to hydrolysis) is 1. The molecule has 0 spiro atoms. The van der Waals surface area contributed by atoms with E-state index in [0.717, 1.165) is 0 Å².